The number of carbonyl (C=O) groups excluding carboxylic acids is 1. The van der Waals surface area contributed by atoms with Gasteiger partial charge < -0.3 is 5.32 Å². The van der Waals surface area contributed by atoms with Crippen LogP contribution in [0.5, 0.6) is 0 Å². The summed E-state index contributed by atoms with van der Waals surface area (Å²) in [6, 6.07) is 4.56. The van der Waals surface area contributed by atoms with Gasteiger partial charge in [-0.05, 0) is 42.4 Å². The molecule has 0 saturated heterocycles. The number of carbonyl (C=O) groups is 1. The van der Waals surface area contributed by atoms with Gasteiger partial charge in [0.1, 0.15) is 0 Å². The summed E-state index contributed by atoms with van der Waals surface area (Å²) in [6.07, 6.45) is -3.19. The van der Waals surface area contributed by atoms with Crippen molar-refractivity contribution < 1.29 is 26.7 Å². The van der Waals surface area contributed by atoms with Crippen LogP contribution in [0.3, 0.4) is 0 Å². The number of benzene rings is 1. The second-order valence-electron chi connectivity index (χ2n) is 7.14. The number of amides is 1. The van der Waals surface area contributed by atoms with Crippen molar-refractivity contribution in [3.63, 3.8) is 0 Å². The summed E-state index contributed by atoms with van der Waals surface area (Å²) < 4.78 is 64.7. The number of hydrogen-bond donors (Lipinski definition) is 1. The molecule has 0 spiro atoms. The first kappa shape index (κ1) is 15.8. The van der Waals surface area contributed by atoms with Crippen LogP contribution in [0.4, 0.5) is 22.0 Å². The van der Waals surface area contributed by atoms with Crippen LogP contribution >= 0.6 is 0 Å². The maximum Gasteiger partial charge on any atom is 0.416 e. The van der Waals surface area contributed by atoms with Gasteiger partial charge in [-0.1, -0.05) is 12.1 Å². The van der Waals surface area contributed by atoms with E-state index < -0.39 is 29.5 Å². The van der Waals surface area contributed by atoms with Gasteiger partial charge >= 0.3 is 6.18 Å². The molecular weight excluding hydrogens is 329 g/mol. The third-order valence-corrected chi connectivity index (χ3v) is 5.87. The van der Waals surface area contributed by atoms with Crippen LogP contribution in [0, 0.1) is 29.6 Å². The van der Waals surface area contributed by atoms with Gasteiger partial charge in [0.2, 0.25) is 5.91 Å². The molecule has 3 saturated carbocycles. The van der Waals surface area contributed by atoms with E-state index in [-0.39, 0.29) is 30.2 Å². The lowest BCUT2D eigenvalue weighted by atomic mass is 9.88. The van der Waals surface area contributed by atoms with Gasteiger partial charge in [-0.25, -0.2) is 8.78 Å². The van der Waals surface area contributed by atoms with Crippen molar-refractivity contribution in [2.75, 3.05) is 0 Å². The Morgan fingerprint density at radius 3 is 2.38 bits per heavy atom. The molecule has 0 radical (unpaired) electrons. The number of halogens is 5. The topological polar surface area (TPSA) is 29.1 Å². The molecule has 1 amide bonds. The van der Waals surface area contributed by atoms with Crippen LogP contribution in [0.2, 0.25) is 0 Å². The summed E-state index contributed by atoms with van der Waals surface area (Å²) in [7, 11) is 0. The molecule has 130 valence electrons. The Morgan fingerprint density at radius 2 is 1.79 bits per heavy atom. The van der Waals surface area contributed by atoms with E-state index >= 15 is 0 Å². The monoisotopic (exact) mass is 345 g/mol. The Hall–Kier alpha value is -1.66. The lowest BCUT2D eigenvalue weighted by Crippen LogP contribution is -2.34. The molecule has 5 unspecified atom stereocenters. The first-order valence-corrected chi connectivity index (χ1v) is 8.01. The van der Waals surface area contributed by atoms with E-state index in [4.69, 9.17) is 0 Å². The second kappa shape index (κ2) is 4.92. The van der Waals surface area contributed by atoms with Crippen LogP contribution in [-0.4, -0.2) is 11.8 Å². The Bertz CT molecular complexity index is 669. The molecule has 3 aliphatic rings. The fourth-order valence-electron chi connectivity index (χ4n) is 4.77. The molecular formula is C17H16F5NO. The van der Waals surface area contributed by atoms with Crippen LogP contribution < -0.4 is 5.32 Å². The molecule has 0 aliphatic heterocycles. The highest BCUT2D eigenvalue weighted by Gasteiger charge is 2.80. The highest BCUT2D eigenvalue weighted by atomic mass is 19.4. The molecule has 1 N–H and O–H groups in total. The van der Waals surface area contributed by atoms with Crippen molar-refractivity contribution in [1.82, 2.24) is 5.32 Å². The molecule has 3 aliphatic carbocycles. The molecule has 0 heterocycles. The fraction of sp³-hybridized carbons (Fsp3) is 0.588. The van der Waals surface area contributed by atoms with Crippen molar-refractivity contribution in [3.05, 3.63) is 35.4 Å². The number of fused-ring (bicyclic) bond motifs is 5. The van der Waals surface area contributed by atoms with Crippen molar-refractivity contribution in [3.8, 4) is 0 Å². The first-order valence-electron chi connectivity index (χ1n) is 8.01. The first-order chi connectivity index (χ1) is 11.2. The molecule has 2 nitrogen and oxygen atoms in total. The largest absolute Gasteiger partial charge is 0.416 e. The summed E-state index contributed by atoms with van der Waals surface area (Å²) in [5.74, 6) is -4.72. The van der Waals surface area contributed by atoms with E-state index in [1.54, 1.807) is 0 Å². The van der Waals surface area contributed by atoms with Gasteiger partial charge in [-0.15, -0.1) is 0 Å². The molecule has 3 fully saturated rings. The van der Waals surface area contributed by atoms with Gasteiger partial charge in [0.25, 0.3) is 5.92 Å². The fourth-order valence-corrected chi connectivity index (χ4v) is 4.77. The number of hydrogen-bond acceptors (Lipinski definition) is 1. The minimum atomic E-state index is -4.39. The summed E-state index contributed by atoms with van der Waals surface area (Å²) in [5.41, 5.74) is -0.193. The summed E-state index contributed by atoms with van der Waals surface area (Å²) in [6.45, 7) is 0.106. The third kappa shape index (κ3) is 2.31. The van der Waals surface area contributed by atoms with Crippen LogP contribution in [-0.2, 0) is 17.5 Å². The van der Waals surface area contributed by atoms with E-state index in [9.17, 15) is 26.7 Å². The molecule has 24 heavy (non-hydrogen) atoms. The summed E-state index contributed by atoms with van der Waals surface area (Å²) in [4.78, 5) is 12.3. The Labute approximate surface area is 135 Å². The minimum Gasteiger partial charge on any atom is -0.352 e. The molecule has 0 aromatic heterocycles. The zero-order chi connectivity index (χ0) is 17.3. The van der Waals surface area contributed by atoms with Crippen molar-refractivity contribution >= 4 is 5.91 Å². The lowest BCUT2D eigenvalue weighted by Gasteiger charge is -2.20. The predicted molar refractivity (Wildman–Crippen MR) is 74.9 cm³/mol. The zero-order valence-corrected chi connectivity index (χ0v) is 12.6. The average molecular weight is 345 g/mol. The lowest BCUT2D eigenvalue weighted by molar-refractivity contribution is -0.137. The summed E-state index contributed by atoms with van der Waals surface area (Å²) >= 11 is 0. The van der Waals surface area contributed by atoms with E-state index in [2.05, 4.69) is 5.32 Å². The molecule has 1 aromatic carbocycles. The molecule has 5 atom stereocenters. The van der Waals surface area contributed by atoms with Gasteiger partial charge in [-0.3, -0.25) is 4.79 Å². The standard InChI is InChI=1S/C17H16F5NO/c18-16(19)13-9-5-11(14(13)16)12(6-9)15(24)23-7-8-1-3-10(4-2-8)17(20,21)22/h1-4,9,11-14H,5-7H2,(H,23,24). The van der Waals surface area contributed by atoms with Gasteiger partial charge in [-0.2, -0.15) is 13.2 Å². The maximum atomic E-state index is 13.6. The Balaban J connectivity index is 1.35. The number of rotatable bonds is 3. The highest BCUT2D eigenvalue weighted by molar-refractivity contribution is 5.79. The second-order valence-corrected chi connectivity index (χ2v) is 7.14. The van der Waals surface area contributed by atoms with Gasteiger partial charge in [0.05, 0.1) is 5.56 Å². The Morgan fingerprint density at radius 1 is 1.12 bits per heavy atom. The third-order valence-electron chi connectivity index (χ3n) is 5.87. The van der Waals surface area contributed by atoms with Crippen LogP contribution in [0.15, 0.2) is 24.3 Å². The quantitative estimate of drug-likeness (QED) is 0.828. The normalized spacial score (nSPS) is 35.6. The van der Waals surface area contributed by atoms with E-state index in [0.29, 0.717) is 18.4 Å². The van der Waals surface area contributed by atoms with Crippen molar-refractivity contribution in [1.29, 1.82) is 0 Å². The SMILES string of the molecule is O=C(NCc1ccc(C(F)(F)F)cc1)C1CC2CC1C1C2C1(F)F. The molecule has 2 bridgehead atoms. The predicted octanol–water partition coefficient (Wildman–Crippen LogP) is 3.86. The minimum absolute atomic E-state index is 0.0585. The van der Waals surface area contributed by atoms with E-state index in [1.165, 1.54) is 12.1 Å². The van der Waals surface area contributed by atoms with E-state index in [0.717, 1.165) is 12.1 Å². The smallest absolute Gasteiger partial charge is 0.352 e. The van der Waals surface area contributed by atoms with E-state index in [1.807, 2.05) is 0 Å². The van der Waals surface area contributed by atoms with Crippen molar-refractivity contribution in [2.45, 2.75) is 31.5 Å². The van der Waals surface area contributed by atoms with Crippen LogP contribution in [0.1, 0.15) is 24.0 Å². The Kier molecular flexibility index (Phi) is 3.25. The molecule has 7 heteroatoms. The highest BCUT2D eigenvalue weighted by Crippen LogP contribution is 2.75. The van der Waals surface area contributed by atoms with Crippen LogP contribution in [0.25, 0.3) is 0 Å². The number of nitrogens with one attached hydrogen (secondary N) is 1. The van der Waals surface area contributed by atoms with Crippen molar-refractivity contribution in [2.24, 2.45) is 29.6 Å². The summed E-state index contributed by atoms with van der Waals surface area (Å²) in [5, 5.41) is 2.69. The average Bonchev–Trinajstić information content (AvgIpc) is 2.88. The number of alkyl halides is 5. The zero-order valence-electron chi connectivity index (χ0n) is 12.6. The molecule has 1 aromatic rings. The van der Waals surface area contributed by atoms with Gasteiger partial charge in [0.15, 0.2) is 0 Å². The van der Waals surface area contributed by atoms with Gasteiger partial charge in [0, 0.05) is 24.3 Å². The maximum absolute atomic E-state index is 13.6. The molecule has 4 rings (SSSR count).